The van der Waals surface area contributed by atoms with E-state index in [1.165, 1.54) is 5.56 Å². The van der Waals surface area contributed by atoms with E-state index in [1.807, 2.05) is 24.3 Å². The Balaban J connectivity index is 2.28. The highest BCUT2D eigenvalue weighted by Crippen LogP contribution is 2.30. The van der Waals surface area contributed by atoms with Crippen molar-refractivity contribution in [1.29, 1.82) is 0 Å². The molecule has 3 heteroatoms. The summed E-state index contributed by atoms with van der Waals surface area (Å²) in [6, 6.07) is 14.3. The summed E-state index contributed by atoms with van der Waals surface area (Å²) < 4.78 is 13.9. The third-order valence-corrected chi connectivity index (χ3v) is 3.64. The van der Waals surface area contributed by atoms with Gasteiger partial charge in [0.25, 0.3) is 5.52 Å². The van der Waals surface area contributed by atoms with Crippen LogP contribution in [0, 0.1) is 6.92 Å². The minimum atomic E-state index is 0.832. The van der Waals surface area contributed by atoms with Crippen LogP contribution in [0.5, 0.6) is 5.75 Å². The maximum absolute atomic E-state index is 6.14. The number of aromatic nitrogens is 1. The molecule has 2 aromatic carbocycles. The summed E-state index contributed by atoms with van der Waals surface area (Å²) in [6.45, 7) is 5.17. The van der Waals surface area contributed by atoms with E-state index in [0.29, 0.717) is 0 Å². The molecule has 0 saturated heterocycles. The molecule has 0 spiro atoms. The number of hydrogen-bond acceptors (Lipinski definition) is 2. The number of rotatable bonds is 4. The largest absolute Gasteiger partial charge is 0.496 e. The molecule has 1 aromatic heterocycles. The lowest BCUT2D eigenvalue weighted by molar-refractivity contribution is -0.664. The van der Waals surface area contributed by atoms with Gasteiger partial charge in [-0.25, -0.2) is 0 Å². The Bertz CT molecular complexity index is 774. The molecule has 0 bridgehead atoms. The van der Waals surface area contributed by atoms with Crippen LogP contribution in [-0.2, 0) is 6.54 Å². The number of hydrogen-bond donors (Lipinski definition) is 0. The van der Waals surface area contributed by atoms with Gasteiger partial charge in [-0.3, -0.25) is 0 Å². The molecule has 3 nitrogen and oxygen atoms in total. The second-order valence-corrected chi connectivity index (χ2v) is 5.23. The molecule has 0 unspecified atom stereocenters. The summed E-state index contributed by atoms with van der Waals surface area (Å²) in [4.78, 5) is 0. The molecule has 0 aliphatic heterocycles. The molecule has 0 radical (unpaired) electrons. The van der Waals surface area contributed by atoms with Gasteiger partial charge in [0, 0.05) is 12.5 Å². The zero-order chi connectivity index (χ0) is 14.8. The molecule has 0 atom stereocenters. The summed E-state index contributed by atoms with van der Waals surface area (Å²) in [7, 11) is 1.69. The molecule has 3 rings (SSSR count). The molecule has 0 amide bonds. The maximum atomic E-state index is 6.14. The monoisotopic (exact) mass is 282 g/mol. The highest BCUT2D eigenvalue weighted by molar-refractivity contribution is 5.73. The zero-order valence-corrected chi connectivity index (χ0v) is 12.7. The number of oxazole rings is 1. The minimum Gasteiger partial charge on any atom is -0.496 e. The molecule has 0 fully saturated rings. The van der Waals surface area contributed by atoms with E-state index in [-0.39, 0.29) is 0 Å². The van der Waals surface area contributed by atoms with Gasteiger partial charge >= 0.3 is 5.89 Å². The van der Waals surface area contributed by atoms with Crippen molar-refractivity contribution in [3.8, 4) is 17.2 Å². The van der Waals surface area contributed by atoms with E-state index in [2.05, 4.69) is 36.6 Å². The lowest BCUT2D eigenvalue weighted by atomic mass is 10.2. The van der Waals surface area contributed by atoms with E-state index in [9.17, 15) is 0 Å². The molecule has 21 heavy (non-hydrogen) atoms. The quantitative estimate of drug-likeness (QED) is 0.673. The maximum Gasteiger partial charge on any atom is 0.385 e. The summed E-state index contributed by atoms with van der Waals surface area (Å²) >= 11 is 0. The summed E-state index contributed by atoms with van der Waals surface area (Å²) in [5.74, 6) is 1.69. The highest BCUT2D eigenvalue weighted by Gasteiger charge is 2.26. The van der Waals surface area contributed by atoms with Crippen LogP contribution >= 0.6 is 0 Å². The van der Waals surface area contributed by atoms with E-state index in [0.717, 1.165) is 41.3 Å². The SMILES string of the molecule is CCC[n+]1c(-c2ccccc2OC)oc2cc(C)ccc21. The average Bonchev–Trinajstić information content (AvgIpc) is 2.85. The molecule has 0 N–H and O–H groups in total. The first-order valence-electron chi connectivity index (χ1n) is 7.31. The second-order valence-electron chi connectivity index (χ2n) is 5.23. The van der Waals surface area contributed by atoms with E-state index in [4.69, 9.17) is 9.15 Å². The van der Waals surface area contributed by atoms with Crippen LogP contribution in [0.4, 0.5) is 0 Å². The van der Waals surface area contributed by atoms with Crippen molar-refractivity contribution >= 4 is 11.1 Å². The predicted molar refractivity (Wildman–Crippen MR) is 83.4 cm³/mol. The molecule has 0 aliphatic carbocycles. The van der Waals surface area contributed by atoms with Crippen LogP contribution < -0.4 is 9.30 Å². The van der Waals surface area contributed by atoms with E-state index in [1.54, 1.807) is 7.11 Å². The summed E-state index contributed by atoms with van der Waals surface area (Å²) in [5, 5.41) is 0. The Labute approximate surface area is 124 Å². The number of fused-ring (bicyclic) bond motifs is 1. The topological polar surface area (TPSA) is 26.2 Å². The normalized spacial score (nSPS) is 11.0. The fraction of sp³-hybridized carbons (Fsp3) is 0.278. The summed E-state index contributed by atoms with van der Waals surface area (Å²) in [5.41, 5.74) is 4.24. The third-order valence-electron chi connectivity index (χ3n) is 3.64. The van der Waals surface area contributed by atoms with Crippen molar-refractivity contribution in [3.05, 3.63) is 48.0 Å². The van der Waals surface area contributed by atoms with Gasteiger partial charge in [-0.1, -0.05) is 25.1 Å². The molecule has 0 aliphatic rings. The number of benzene rings is 2. The summed E-state index contributed by atoms with van der Waals surface area (Å²) in [6.07, 6.45) is 1.05. The fourth-order valence-electron chi connectivity index (χ4n) is 2.66. The number of nitrogens with zero attached hydrogens (tertiary/aromatic N) is 1. The highest BCUT2D eigenvalue weighted by atomic mass is 16.5. The Morgan fingerprint density at radius 2 is 1.95 bits per heavy atom. The minimum absolute atomic E-state index is 0.832. The van der Waals surface area contributed by atoms with Crippen LogP contribution in [0.25, 0.3) is 22.6 Å². The Hall–Kier alpha value is -2.29. The van der Waals surface area contributed by atoms with Crippen molar-refractivity contribution in [2.24, 2.45) is 0 Å². The van der Waals surface area contributed by atoms with Gasteiger partial charge < -0.3 is 9.15 Å². The molecule has 3 aromatic rings. The lowest BCUT2D eigenvalue weighted by Crippen LogP contribution is -2.34. The zero-order valence-electron chi connectivity index (χ0n) is 12.7. The molecular weight excluding hydrogens is 262 g/mol. The Morgan fingerprint density at radius 1 is 1.14 bits per heavy atom. The lowest BCUT2D eigenvalue weighted by Gasteiger charge is -2.03. The van der Waals surface area contributed by atoms with E-state index >= 15 is 0 Å². The van der Waals surface area contributed by atoms with E-state index < -0.39 is 0 Å². The van der Waals surface area contributed by atoms with Gasteiger partial charge in [-0.05, 0) is 30.7 Å². The van der Waals surface area contributed by atoms with Crippen LogP contribution in [0.1, 0.15) is 18.9 Å². The van der Waals surface area contributed by atoms with Gasteiger partial charge in [-0.15, -0.1) is 0 Å². The van der Waals surface area contributed by atoms with Crippen molar-refractivity contribution < 1.29 is 13.7 Å². The van der Waals surface area contributed by atoms with Crippen molar-refractivity contribution in [1.82, 2.24) is 0 Å². The molecule has 1 heterocycles. The van der Waals surface area contributed by atoms with Crippen LogP contribution in [0.2, 0.25) is 0 Å². The van der Waals surface area contributed by atoms with Gasteiger partial charge in [-0.2, -0.15) is 4.57 Å². The van der Waals surface area contributed by atoms with Crippen molar-refractivity contribution in [2.45, 2.75) is 26.8 Å². The first-order chi connectivity index (χ1) is 10.2. The Morgan fingerprint density at radius 3 is 2.71 bits per heavy atom. The number of ether oxygens (including phenoxy) is 1. The van der Waals surface area contributed by atoms with Gasteiger partial charge in [0.2, 0.25) is 5.58 Å². The van der Waals surface area contributed by atoms with Crippen LogP contribution in [0.3, 0.4) is 0 Å². The Kier molecular flexibility index (Phi) is 3.65. The molecule has 108 valence electrons. The number of methoxy groups -OCH3 is 1. The standard InChI is InChI=1S/C18H20NO2/c1-4-11-19-15-10-9-13(2)12-17(15)21-18(19)14-7-5-6-8-16(14)20-3/h5-10,12H,4,11H2,1-3H3/q+1. The van der Waals surface area contributed by atoms with Crippen LogP contribution in [0.15, 0.2) is 46.9 Å². The van der Waals surface area contributed by atoms with Crippen molar-refractivity contribution in [2.75, 3.05) is 7.11 Å². The van der Waals surface area contributed by atoms with Crippen molar-refractivity contribution in [3.63, 3.8) is 0 Å². The fourth-order valence-corrected chi connectivity index (χ4v) is 2.66. The predicted octanol–water partition coefficient (Wildman–Crippen LogP) is 4.11. The number of para-hydroxylation sites is 1. The molecular formula is C18H20NO2+. The molecule has 0 saturated carbocycles. The van der Waals surface area contributed by atoms with Gasteiger partial charge in [0.15, 0.2) is 6.54 Å². The second kappa shape index (κ2) is 5.60. The smallest absolute Gasteiger partial charge is 0.385 e. The average molecular weight is 282 g/mol. The first-order valence-corrected chi connectivity index (χ1v) is 7.31. The third kappa shape index (κ3) is 2.40. The van der Waals surface area contributed by atoms with Gasteiger partial charge in [0.05, 0.1) is 7.11 Å². The first kappa shape index (κ1) is 13.7. The number of aryl methyl sites for hydroxylation is 2. The van der Waals surface area contributed by atoms with Crippen LogP contribution in [-0.4, -0.2) is 7.11 Å². The van der Waals surface area contributed by atoms with Gasteiger partial charge in [0.1, 0.15) is 11.3 Å².